The molecule has 146 valence electrons. The molecule has 0 saturated heterocycles. The second-order valence-corrected chi connectivity index (χ2v) is 7.13. The summed E-state index contributed by atoms with van der Waals surface area (Å²) >= 11 is 3.52. The summed E-state index contributed by atoms with van der Waals surface area (Å²) in [5, 5.41) is 3.54. The van der Waals surface area contributed by atoms with Crippen LogP contribution in [-0.2, 0) is 6.42 Å². The van der Waals surface area contributed by atoms with E-state index in [1.165, 1.54) is 12.1 Å². The minimum Gasteiger partial charge on any atom is -0.493 e. The van der Waals surface area contributed by atoms with Crippen LogP contribution in [0.25, 0.3) is 10.9 Å². The summed E-state index contributed by atoms with van der Waals surface area (Å²) in [5.74, 6) is 0.659. The van der Waals surface area contributed by atoms with Gasteiger partial charge in [-0.3, -0.25) is 9.78 Å². The molecular weight excluding hydrogens is 427 g/mol. The van der Waals surface area contributed by atoms with Gasteiger partial charge in [-0.1, -0.05) is 15.9 Å². The molecule has 0 aliphatic rings. The molecule has 3 rings (SSSR count). The predicted molar refractivity (Wildman–Crippen MR) is 110 cm³/mol. The van der Waals surface area contributed by atoms with E-state index in [4.69, 9.17) is 9.47 Å². The Morgan fingerprint density at radius 3 is 2.57 bits per heavy atom. The first-order valence-corrected chi connectivity index (χ1v) is 9.47. The fourth-order valence-electron chi connectivity index (χ4n) is 3.02. The number of aromatic nitrogens is 1. The summed E-state index contributed by atoms with van der Waals surface area (Å²) in [4.78, 5) is 17.0. The van der Waals surface area contributed by atoms with Crippen molar-refractivity contribution in [2.24, 2.45) is 0 Å². The zero-order valence-electron chi connectivity index (χ0n) is 15.8. The average Bonchev–Trinajstić information content (AvgIpc) is 2.67. The highest BCUT2D eigenvalue weighted by atomic mass is 79.9. The largest absolute Gasteiger partial charge is 0.493 e. The molecule has 0 saturated carbocycles. The maximum absolute atomic E-state index is 13.5. The van der Waals surface area contributed by atoms with Gasteiger partial charge in [0.05, 0.1) is 25.3 Å². The van der Waals surface area contributed by atoms with Crippen molar-refractivity contribution >= 4 is 32.7 Å². The normalized spacial score (nSPS) is 10.8. The number of halogens is 2. The second kappa shape index (κ2) is 8.56. The molecule has 1 aromatic heterocycles. The summed E-state index contributed by atoms with van der Waals surface area (Å²) in [7, 11) is 3.16. The molecule has 0 fully saturated rings. The molecule has 0 spiro atoms. The van der Waals surface area contributed by atoms with Gasteiger partial charge >= 0.3 is 0 Å². The van der Waals surface area contributed by atoms with E-state index in [9.17, 15) is 9.18 Å². The molecule has 3 aromatic rings. The van der Waals surface area contributed by atoms with Crippen LogP contribution in [0.15, 0.2) is 40.9 Å². The van der Waals surface area contributed by atoms with Crippen LogP contribution >= 0.6 is 15.9 Å². The summed E-state index contributed by atoms with van der Waals surface area (Å²) in [6, 6.07) is 9.67. The summed E-state index contributed by atoms with van der Waals surface area (Å²) in [5.41, 5.74) is 2.59. The van der Waals surface area contributed by atoms with Gasteiger partial charge in [0, 0.05) is 28.2 Å². The smallest absolute Gasteiger partial charge is 0.252 e. The minimum absolute atomic E-state index is 0.223. The lowest BCUT2D eigenvalue weighted by Crippen LogP contribution is -2.26. The van der Waals surface area contributed by atoms with Crippen molar-refractivity contribution in [3.05, 3.63) is 63.5 Å². The Morgan fingerprint density at radius 1 is 1.14 bits per heavy atom. The molecule has 28 heavy (non-hydrogen) atoms. The maximum atomic E-state index is 13.5. The number of hydrogen-bond donors (Lipinski definition) is 1. The molecule has 0 aliphatic carbocycles. The number of hydrogen-bond acceptors (Lipinski definition) is 4. The van der Waals surface area contributed by atoms with Crippen LogP contribution in [0, 0.1) is 12.7 Å². The van der Waals surface area contributed by atoms with Crippen LogP contribution < -0.4 is 14.8 Å². The van der Waals surface area contributed by atoms with E-state index in [1.54, 1.807) is 33.3 Å². The van der Waals surface area contributed by atoms with E-state index in [0.29, 0.717) is 46.6 Å². The highest BCUT2D eigenvalue weighted by Crippen LogP contribution is 2.33. The molecule has 2 aromatic carbocycles. The Hall–Kier alpha value is -2.67. The predicted octanol–water partition coefficient (Wildman–Crippen LogP) is 4.43. The number of amides is 1. The van der Waals surface area contributed by atoms with Crippen molar-refractivity contribution < 1.29 is 18.7 Å². The van der Waals surface area contributed by atoms with Crippen molar-refractivity contribution in [1.82, 2.24) is 10.3 Å². The molecule has 0 atom stereocenters. The summed E-state index contributed by atoms with van der Waals surface area (Å²) < 4.78 is 25.0. The molecule has 0 bridgehead atoms. The van der Waals surface area contributed by atoms with E-state index in [-0.39, 0.29) is 11.7 Å². The van der Waals surface area contributed by atoms with Crippen LogP contribution in [0.1, 0.15) is 21.6 Å². The van der Waals surface area contributed by atoms with Crippen molar-refractivity contribution in [2.75, 3.05) is 20.8 Å². The Balaban J connectivity index is 1.76. The Kier molecular flexibility index (Phi) is 6.14. The van der Waals surface area contributed by atoms with Crippen molar-refractivity contribution in [1.29, 1.82) is 0 Å². The van der Waals surface area contributed by atoms with Gasteiger partial charge in [0.1, 0.15) is 5.82 Å². The molecule has 1 heterocycles. The second-order valence-electron chi connectivity index (χ2n) is 6.28. The number of pyridine rings is 1. The highest BCUT2D eigenvalue weighted by molar-refractivity contribution is 9.10. The van der Waals surface area contributed by atoms with Gasteiger partial charge in [0.2, 0.25) is 0 Å². The van der Waals surface area contributed by atoms with Crippen LogP contribution in [0.4, 0.5) is 4.39 Å². The number of aryl methyl sites for hydroxylation is 1. The van der Waals surface area contributed by atoms with E-state index in [1.807, 2.05) is 12.1 Å². The molecule has 0 radical (unpaired) electrons. The topological polar surface area (TPSA) is 60.5 Å². The van der Waals surface area contributed by atoms with Crippen molar-refractivity contribution in [3.8, 4) is 11.5 Å². The van der Waals surface area contributed by atoms with E-state index >= 15 is 0 Å². The molecule has 1 N–H and O–H groups in total. The summed E-state index contributed by atoms with van der Waals surface area (Å²) in [6.07, 6.45) is 0.601. The number of benzene rings is 2. The number of ether oxygens (including phenoxy) is 2. The average molecular weight is 447 g/mol. The first-order chi connectivity index (χ1) is 13.4. The zero-order chi connectivity index (χ0) is 20.3. The third-order valence-electron chi connectivity index (χ3n) is 4.38. The zero-order valence-corrected chi connectivity index (χ0v) is 17.4. The fourth-order valence-corrected chi connectivity index (χ4v) is 3.54. The lowest BCUT2D eigenvalue weighted by atomic mass is 10.1. The van der Waals surface area contributed by atoms with Crippen molar-refractivity contribution in [2.45, 2.75) is 13.3 Å². The number of carbonyl (C=O) groups is 1. The van der Waals surface area contributed by atoms with E-state index < -0.39 is 0 Å². The quantitative estimate of drug-likeness (QED) is 0.608. The third kappa shape index (κ3) is 4.25. The molecule has 5 nitrogen and oxygen atoms in total. The van der Waals surface area contributed by atoms with E-state index in [0.717, 1.165) is 10.0 Å². The molecule has 1 amide bonds. The highest BCUT2D eigenvalue weighted by Gasteiger charge is 2.14. The van der Waals surface area contributed by atoms with Gasteiger partial charge in [-0.2, -0.15) is 0 Å². The first kappa shape index (κ1) is 20.1. The Bertz CT molecular complexity index is 1030. The van der Waals surface area contributed by atoms with Gasteiger partial charge in [0.15, 0.2) is 11.5 Å². The Morgan fingerprint density at radius 2 is 1.86 bits per heavy atom. The van der Waals surface area contributed by atoms with Gasteiger partial charge in [0.25, 0.3) is 5.91 Å². The molecular formula is C21H20BrFN2O3. The van der Waals surface area contributed by atoms with Crippen LogP contribution in [0.3, 0.4) is 0 Å². The SMILES string of the molecule is COc1cc(Br)c(CCNC(=O)c2cc(C)nc3cc(F)ccc23)cc1OC. The lowest BCUT2D eigenvalue weighted by Gasteiger charge is -2.13. The number of carbonyl (C=O) groups excluding carboxylic acids is 1. The number of nitrogens with one attached hydrogen (secondary N) is 1. The molecule has 7 heteroatoms. The van der Waals surface area contributed by atoms with Gasteiger partial charge in [-0.05, 0) is 49.2 Å². The fraction of sp³-hybridized carbons (Fsp3) is 0.238. The lowest BCUT2D eigenvalue weighted by molar-refractivity contribution is 0.0955. The number of fused-ring (bicyclic) bond motifs is 1. The maximum Gasteiger partial charge on any atom is 0.252 e. The van der Waals surface area contributed by atoms with Crippen LogP contribution in [-0.4, -0.2) is 31.7 Å². The van der Waals surface area contributed by atoms with Gasteiger partial charge < -0.3 is 14.8 Å². The number of rotatable bonds is 6. The van der Waals surface area contributed by atoms with Gasteiger partial charge in [-0.25, -0.2) is 4.39 Å². The van der Waals surface area contributed by atoms with Crippen molar-refractivity contribution in [3.63, 3.8) is 0 Å². The Labute approximate surface area is 171 Å². The first-order valence-electron chi connectivity index (χ1n) is 8.68. The van der Waals surface area contributed by atoms with Crippen LogP contribution in [0.5, 0.6) is 11.5 Å². The minimum atomic E-state index is -0.379. The summed E-state index contributed by atoms with van der Waals surface area (Å²) in [6.45, 7) is 2.21. The monoisotopic (exact) mass is 446 g/mol. The standard InChI is InChI=1S/C21H20BrFN2O3/c1-12-8-16(15-5-4-14(23)10-18(15)25-12)21(26)24-7-6-13-9-19(27-2)20(28-3)11-17(13)22/h4-5,8-11H,6-7H2,1-3H3,(H,24,26). The number of nitrogens with zero attached hydrogens (tertiary/aromatic N) is 1. The molecule has 0 unspecified atom stereocenters. The number of methoxy groups -OCH3 is 2. The van der Waals surface area contributed by atoms with Crippen LogP contribution in [0.2, 0.25) is 0 Å². The van der Waals surface area contributed by atoms with Gasteiger partial charge in [-0.15, -0.1) is 0 Å². The van der Waals surface area contributed by atoms with E-state index in [2.05, 4.69) is 26.2 Å². The third-order valence-corrected chi connectivity index (χ3v) is 5.12. The molecule has 0 aliphatic heterocycles.